The van der Waals surface area contributed by atoms with E-state index in [1.807, 2.05) is 54.6 Å². The van der Waals surface area contributed by atoms with Crippen LogP contribution in [0.3, 0.4) is 0 Å². The van der Waals surface area contributed by atoms with Crippen molar-refractivity contribution in [3.8, 4) is 11.3 Å². The summed E-state index contributed by atoms with van der Waals surface area (Å²) in [6, 6.07) is 19.3. The monoisotopic (exact) mass is 288 g/mol. The minimum atomic E-state index is -1.55. The highest BCUT2D eigenvalue weighted by Gasteiger charge is 2.21. The zero-order valence-corrected chi connectivity index (χ0v) is 11.7. The first-order valence-electron chi connectivity index (χ1n) is 7.10. The molecule has 0 atom stereocenters. The third-order valence-corrected chi connectivity index (χ3v) is 3.97. The Labute approximate surface area is 127 Å². The molecule has 4 aromatic rings. The van der Waals surface area contributed by atoms with Crippen molar-refractivity contribution in [2.45, 2.75) is 0 Å². The molecule has 1 heterocycles. The van der Waals surface area contributed by atoms with Crippen LogP contribution in [-0.4, -0.2) is 17.2 Å². The standard InChI is InChI=1S/C18H13BO3/c20-19(21)18-14-7-2-1-5-12(14)11-13-6-3-8-15(17(13)18)16-9-4-10-22-16/h1-11,20-21H. The van der Waals surface area contributed by atoms with Crippen molar-refractivity contribution in [3.63, 3.8) is 0 Å². The van der Waals surface area contributed by atoms with E-state index in [0.717, 1.165) is 27.1 Å². The van der Waals surface area contributed by atoms with Gasteiger partial charge in [0.1, 0.15) is 5.76 Å². The molecule has 0 saturated heterocycles. The fourth-order valence-electron chi connectivity index (χ4n) is 3.07. The summed E-state index contributed by atoms with van der Waals surface area (Å²) < 4.78 is 5.51. The van der Waals surface area contributed by atoms with E-state index in [4.69, 9.17) is 4.42 Å². The molecule has 0 aliphatic rings. The molecule has 0 aliphatic heterocycles. The van der Waals surface area contributed by atoms with Crippen LogP contribution in [0.25, 0.3) is 32.9 Å². The lowest BCUT2D eigenvalue weighted by atomic mass is 9.73. The van der Waals surface area contributed by atoms with E-state index in [9.17, 15) is 10.0 Å². The van der Waals surface area contributed by atoms with Gasteiger partial charge in [-0.25, -0.2) is 0 Å². The van der Waals surface area contributed by atoms with Crippen LogP contribution in [0, 0.1) is 0 Å². The van der Waals surface area contributed by atoms with Crippen LogP contribution in [0.2, 0.25) is 0 Å². The maximum absolute atomic E-state index is 9.97. The van der Waals surface area contributed by atoms with Crippen molar-refractivity contribution in [1.82, 2.24) is 0 Å². The van der Waals surface area contributed by atoms with Crippen molar-refractivity contribution in [2.75, 3.05) is 0 Å². The molecule has 0 spiro atoms. The van der Waals surface area contributed by atoms with Gasteiger partial charge >= 0.3 is 7.12 Å². The summed E-state index contributed by atoms with van der Waals surface area (Å²) in [6.45, 7) is 0. The quantitative estimate of drug-likeness (QED) is 0.440. The molecule has 0 fully saturated rings. The predicted octanol–water partition coefficient (Wildman–Crippen LogP) is 2.93. The lowest BCUT2D eigenvalue weighted by molar-refractivity contribution is 0.426. The number of hydrogen-bond donors (Lipinski definition) is 2. The van der Waals surface area contributed by atoms with Crippen molar-refractivity contribution in [2.24, 2.45) is 0 Å². The first kappa shape index (κ1) is 13.1. The second kappa shape index (κ2) is 5.02. The molecular weight excluding hydrogens is 275 g/mol. The molecule has 0 bridgehead atoms. The normalized spacial score (nSPS) is 11.2. The van der Waals surface area contributed by atoms with Crippen LogP contribution in [0.15, 0.2) is 71.3 Å². The lowest BCUT2D eigenvalue weighted by Crippen LogP contribution is -2.31. The van der Waals surface area contributed by atoms with Crippen molar-refractivity contribution in [3.05, 3.63) is 66.9 Å². The summed E-state index contributed by atoms with van der Waals surface area (Å²) in [4.78, 5) is 0. The number of rotatable bonds is 2. The Kier molecular flexibility index (Phi) is 3.00. The molecule has 2 N–H and O–H groups in total. The van der Waals surface area contributed by atoms with E-state index in [0.29, 0.717) is 11.2 Å². The maximum atomic E-state index is 9.97. The van der Waals surface area contributed by atoms with Gasteiger partial charge in [-0.2, -0.15) is 0 Å². The highest BCUT2D eigenvalue weighted by atomic mass is 16.4. The first-order chi connectivity index (χ1) is 10.8. The molecule has 22 heavy (non-hydrogen) atoms. The zero-order chi connectivity index (χ0) is 15.1. The molecule has 0 radical (unpaired) electrons. The molecule has 4 rings (SSSR count). The average Bonchev–Trinajstić information content (AvgIpc) is 3.06. The van der Waals surface area contributed by atoms with Crippen LogP contribution in [0.5, 0.6) is 0 Å². The van der Waals surface area contributed by atoms with Gasteiger partial charge in [-0.05, 0) is 45.2 Å². The van der Waals surface area contributed by atoms with Crippen molar-refractivity contribution >= 4 is 34.1 Å². The zero-order valence-electron chi connectivity index (χ0n) is 11.7. The van der Waals surface area contributed by atoms with Crippen LogP contribution in [0.4, 0.5) is 0 Å². The van der Waals surface area contributed by atoms with Gasteiger partial charge in [-0.1, -0.05) is 42.5 Å². The molecule has 3 aromatic carbocycles. The van der Waals surface area contributed by atoms with Gasteiger partial charge in [0, 0.05) is 5.56 Å². The SMILES string of the molecule is OB(O)c1c2ccccc2cc2cccc(-c3ccco3)c12. The topological polar surface area (TPSA) is 53.6 Å². The second-order valence-corrected chi connectivity index (χ2v) is 5.27. The van der Waals surface area contributed by atoms with Crippen molar-refractivity contribution < 1.29 is 14.5 Å². The molecule has 0 unspecified atom stereocenters. The number of hydrogen-bond acceptors (Lipinski definition) is 3. The Morgan fingerprint density at radius 2 is 1.64 bits per heavy atom. The Balaban J connectivity index is 2.22. The van der Waals surface area contributed by atoms with E-state index >= 15 is 0 Å². The molecule has 0 amide bonds. The first-order valence-corrected chi connectivity index (χ1v) is 7.10. The van der Waals surface area contributed by atoms with E-state index in [1.54, 1.807) is 6.26 Å². The van der Waals surface area contributed by atoms with Gasteiger partial charge < -0.3 is 14.5 Å². The summed E-state index contributed by atoms with van der Waals surface area (Å²) in [5.41, 5.74) is 1.37. The van der Waals surface area contributed by atoms with Crippen LogP contribution >= 0.6 is 0 Å². The Bertz CT molecular complexity index is 959. The third kappa shape index (κ3) is 1.93. The fraction of sp³-hybridized carbons (Fsp3) is 0. The van der Waals surface area contributed by atoms with Crippen LogP contribution < -0.4 is 5.46 Å². The Morgan fingerprint density at radius 1 is 0.818 bits per heavy atom. The predicted molar refractivity (Wildman–Crippen MR) is 89.0 cm³/mol. The highest BCUT2D eigenvalue weighted by molar-refractivity contribution is 6.66. The fourth-order valence-corrected chi connectivity index (χ4v) is 3.07. The summed E-state index contributed by atoms with van der Waals surface area (Å²) in [5.74, 6) is 0.711. The maximum Gasteiger partial charge on any atom is 0.489 e. The Morgan fingerprint density at radius 3 is 2.41 bits per heavy atom. The van der Waals surface area contributed by atoms with Gasteiger partial charge in [0.25, 0.3) is 0 Å². The average molecular weight is 288 g/mol. The summed E-state index contributed by atoms with van der Waals surface area (Å²) in [7, 11) is -1.55. The van der Waals surface area contributed by atoms with Crippen molar-refractivity contribution in [1.29, 1.82) is 0 Å². The molecule has 106 valence electrons. The minimum Gasteiger partial charge on any atom is -0.464 e. The summed E-state index contributed by atoms with van der Waals surface area (Å²) in [5, 5.41) is 23.5. The number of fused-ring (bicyclic) bond motifs is 2. The van der Waals surface area contributed by atoms with Crippen LogP contribution in [-0.2, 0) is 0 Å². The van der Waals surface area contributed by atoms with Gasteiger partial charge in [-0.15, -0.1) is 0 Å². The molecule has 0 saturated carbocycles. The summed E-state index contributed by atoms with van der Waals surface area (Å²) in [6.07, 6.45) is 1.62. The van der Waals surface area contributed by atoms with Gasteiger partial charge in [0.15, 0.2) is 0 Å². The van der Waals surface area contributed by atoms with Crippen LogP contribution in [0.1, 0.15) is 0 Å². The summed E-state index contributed by atoms with van der Waals surface area (Å²) >= 11 is 0. The minimum absolute atomic E-state index is 0.514. The molecule has 3 nitrogen and oxygen atoms in total. The molecule has 0 aliphatic carbocycles. The number of furan rings is 1. The van der Waals surface area contributed by atoms with Gasteiger partial charge in [0.05, 0.1) is 6.26 Å². The van der Waals surface area contributed by atoms with E-state index in [-0.39, 0.29) is 0 Å². The molecular formula is C18H13BO3. The molecule has 4 heteroatoms. The largest absolute Gasteiger partial charge is 0.489 e. The van der Waals surface area contributed by atoms with E-state index in [1.165, 1.54) is 0 Å². The lowest BCUT2D eigenvalue weighted by Gasteiger charge is -2.13. The number of benzene rings is 3. The highest BCUT2D eigenvalue weighted by Crippen LogP contribution is 2.31. The van der Waals surface area contributed by atoms with E-state index in [2.05, 4.69) is 6.07 Å². The third-order valence-electron chi connectivity index (χ3n) is 3.97. The smallest absolute Gasteiger partial charge is 0.464 e. The van der Waals surface area contributed by atoms with E-state index < -0.39 is 7.12 Å². The Hall–Kier alpha value is -2.56. The van der Waals surface area contributed by atoms with Gasteiger partial charge in [-0.3, -0.25) is 0 Å². The van der Waals surface area contributed by atoms with Gasteiger partial charge in [0.2, 0.25) is 0 Å². The second-order valence-electron chi connectivity index (χ2n) is 5.27. The molecule has 1 aromatic heterocycles.